The lowest BCUT2D eigenvalue weighted by atomic mass is 10.3. The van der Waals surface area contributed by atoms with Gasteiger partial charge in [0.1, 0.15) is 0 Å². The van der Waals surface area contributed by atoms with E-state index in [1.54, 1.807) is 0 Å². The second-order valence-corrected chi connectivity index (χ2v) is 6.96. The first-order valence-corrected chi connectivity index (χ1v) is 7.65. The van der Waals surface area contributed by atoms with Crippen LogP contribution >= 0.6 is 0 Å². The van der Waals surface area contributed by atoms with Crippen molar-refractivity contribution < 1.29 is 18.3 Å². The van der Waals surface area contributed by atoms with E-state index in [2.05, 4.69) is 0 Å². The third-order valence-electron chi connectivity index (χ3n) is 2.86. The highest BCUT2D eigenvalue weighted by atomic mass is 32.2. The Labute approximate surface area is 103 Å². The number of hydrogen-bond donors (Lipinski definition) is 1. The Kier molecular flexibility index (Phi) is 4.94. The molecule has 0 saturated heterocycles. The van der Waals surface area contributed by atoms with Gasteiger partial charge in [-0.25, -0.2) is 8.42 Å². The molecule has 17 heavy (non-hydrogen) atoms. The Balaban J connectivity index is 2.53. The van der Waals surface area contributed by atoms with Crippen molar-refractivity contribution >= 4 is 16.0 Å². The van der Waals surface area contributed by atoms with Gasteiger partial charge in [-0.1, -0.05) is 0 Å². The summed E-state index contributed by atoms with van der Waals surface area (Å²) >= 11 is 0. The molecule has 1 saturated carbocycles. The van der Waals surface area contributed by atoms with Gasteiger partial charge in [-0.15, -0.1) is 0 Å². The van der Waals surface area contributed by atoms with E-state index in [1.165, 1.54) is 4.31 Å². The van der Waals surface area contributed by atoms with Crippen molar-refractivity contribution in [3.05, 3.63) is 0 Å². The summed E-state index contributed by atoms with van der Waals surface area (Å²) in [5, 5.41) is 8.51. The molecule has 0 radical (unpaired) electrons. The molecule has 5 nitrogen and oxygen atoms in total. The van der Waals surface area contributed by atoms with Crippen LogP contribution in [-0.2, 0) is 14.8 Å². The fourth-order valence-corrected chi connectivity index (χ4v) is 3.55. The summed E-state index contributed by atoms with van der Waals surface area (Å²) in [6, 6.07) is -0.0505. The van der Waals surface area contributed by atoms with Crippen LogP contribution in [-0.4, -0.2) is 42.1 Å². The lowest BCUT2D eigenvalue weighted by molar-refractivity contribution is -0.137. The number of carboxylic acid groups (broad SMARTS) is 1. The van der Waals surface area contributed by atoms with Crippen molar-refractivity contribution in [2.75, 3.05) is 12.3 Å². The standard InChI is InChI=1S/C11H21NO4S/c1-9(2)12(8-10-5-6-10)17(15,16)7-3-4-11(13)14/h9-10H,3-8H2,1-2H3,(H,13,14). The number of carbonyl (C=O) groups is 1. The minimum Gasteiger partial charge on any atom is -0.481 e. The predicted octanol–water partition coefficient (Wildman–Crippen LogP) is 1.30. The third kappa shape index (κ3) is 5.04. The molecule has 0 aliphatic heterocycles. The van der Waals surface area contributed by atoms with E-state index in [0.717, 1.165) is 12.8 Å². The van der Waals surface area contributed by atoms with Crippen molar-refractivity contribution in [2.45, 2.75) is 45.6 Å². The summed E-state index contributed by atoms with van der Waals surface area (Å²) in [7, 11) is -3.30. The SMILES string of the molecule is CC(C)N(CC1CC1)S(=O)(=O)CCCC(=O)O. The van der Waals surface area contributed by atoms with E-state index in [-0.39, 0.29) is 24.6 Å². The van der Waals surface area contributed by atoms with Crippen LogP contribution in [0.2, 0.25) is 0 Å². The second kappa shape index (κ2) is 5.82. The lowest BCUT2D eigenvalue weighted by Crippen LogP contribution is -2.40. The van der Waals surface area contributed by atoms with Crippen LogP contribution in [0.5, 0.6) is 0 Å². The van der Waals surface area contributed by atoms with Gasteiger partial charge in [0.25, 0.3) is 0 Å². The maximum Gasteiger partial charge on any atom is 0.303 e. The fraction of sp³-hybridized carbons (Fsp3) is 0.909. The molecule has 100 valence electrons. The molecule has 0 atom stereocenters. The van der Waals surface area contributed by atoms with Crippen molar-refractivity contribution in [1.29, 1.82) is 0 Å². The van der Waals surface area contributed by atoms with Crippen molar-refractivity contribution in [3.8, 4) is 0 Å². The molecule has 1 aliphatic rings. The zero-order valence-electron chi connectivity index (χ0n) is 10.4. The van der Waals surface area contributed by atoms with Crippen LogP contribution in [0.15, 0.2) is 0 Å². The number of hydrogen-bond acceptors (Lipinski definition) is 3. The monoisotopic (exact) mass is 263 g/mol. The van der Waals surface area contributed by atoms with Gasteiger partial charge in [-0.05, 0) is 39.0 Å². The number of aliphatic carboxylic acids is 1. The predicted molar refractivity (Wildman–Crippen MR) is 65.2 cm³/mol. The molecule has 6 heteroatoms. The normalized spacial score (nSPS) is 16.7. The minimum atomic E-state index is -3.30. The molecule has 0 aromatic heterocycles. The molecule has 1 rings (SSSR count). The summed E-state index contributed by atoms with van der Waals surface area (Å²) < 4.78 is 25.6. The van der Waals surface area contributed by atoms with E-state index < -0.39 is 16.0 Å². The number of nitrogens with zero attached hydrogens (tertiary/aromatic N) is 1. The molecular weight excluding hydrogens is 242 g/mol. The van der Waals surface area contributed by atoms with Gasteiger partial charge in [0, 0.05) is 19.0 Å². The topological polar surface area (TPSA) is 74.7 Å². The number of sulfonamides is 1. The molecule has 1 N–H and O–H groups in total. The van der Waals surface area contributed by atoms with E-state index in [9.17, 15) is 13.2 Å². The molecule has 0 unspecified atom stereocenters. The Bertz CT molecular complexity index is 360. The zero-order chi connectivity index (χ0) is 13.1. The van der Waals surface area contributed by atoms with Crippen LogP contribution < -0.4 is 0 Å². The van der Waals surface area contributed by atoms with Gasteiger partial charge in [-0.2, -0.15) is 4.31 Å². The summed E-state index contributed by atoms with van der Waals surface area (Å²) in [6.45, 7) is 4.31. The van der Waals surface area contributed by atoms with Crippen molar-refractivity contribution in [3.63, 3.8) is 0 Å². The Morgan fingerprint density at radius 3 is 2.41 bits per heavy atom. The Morgan fingerprint density at radius 2 is 2.00 bits per heavy atom. The molecule has 1 aliphatic carbocycles. The van der Waals surface area contributed by atoms with E-state index in [0.29, 0.717) is 12.5 Å². The van der Waals surface area contributed by atoms with Gasteiger partial charge >= 0.3 is 5.97 Å². The highest BCUT2D eigenvalue weighted by Gasteiger charge is 2.31. The summed E-state index contributed by atoms with van der Waals surface area (Å²) in [6.07, 6.45) is 2.31. The van der Waals surface area contributed by atoms with Gasteiger partial charge in [0.15, 0.2) is 0 Å². The largest absolute Gasteiger partial charge is 0.481 e. The third-order valence-corrected chi connectivity index (χ3v) is 4.95. The summed E-state index contributed by atoms with van der Waals surface area (Å²) in [5.41, 5.74) is 0. The summed E-state index contributed by atoms with van der Waals surface area (Å²) in [4.78, 5) is 10.4. The first kappa shape index (κ1) is 14.4. The zero-order valence-corrected chi connectivity index (χ0v) is 11.2. The molecule has 1 fully saturated rings. The molecule has 0 spiro atoms. The van der Waals surface area contributed by atoms with Crippen LogP contribution in [0, 0.1) is 5.92 Å². The smallest absolute Gasteiger partial charge is 0.303 e. The lowest BCUT2D eigenvalue weighted by Gasteiger charge is -2.25. The average molecular weight is 263 g/mol. The number of carboxylic acids is 1. The summed E-state index contributed by atoms with van der Waals surface area (Å²) in [5.74, 6) is -0.505. The maximum absolute atomic E-state index is 12.0. The molecule has 0 heterocycles. The molecule has 0 bridgehead atoms. The molecular formula is C11H21NO4S. The molecule has 0 aromatic rings. The first-order chi connectivity index (χ1) is 7.83. The van der Waals surface area contributed by atoms with Crippen molar-refractivity contribution in [1.82, 2.24) is 4.31 Å². The molecule has 0 aromatic carbocycles. The van der Waals surface area contributed by atoms with Crippen LogP contribution in [0.1, 0.15) is 39.5 Å². The van der Waals surface area contributed by atoms with Gasteiger partial charge < -0.3 is 5.11 Å². The van der Waals surface area contributed by atoms with E-state index in [1.807, 2.05) is 13.8 Å². The Hall–Kier alpha value is -0.620. The fourth-order valence-electron chi connectivity index (χ4n) is 1.72. The van der Waals surface area contributed by atoms with E-state index >= 15 is 0 Å². The van der Waals surface area contributed by atoms with Crippen LogP contribution in [0.4, 0.5) is 0 Å². The van der Waals surface area contributed by atoms with Gasteiger partial charge in [0.2, 0.25) is 10.0 Å². The second-order valence-electron chi connectivity index (χ2n) is 4.92. The van der Waals surface area contributed by atoms with Crippen LogP contribution in [0.25, 0.3) is 0 Å². The first-order valence-electron chi connectivity index (χ1n) is 6.04. The van der Waals surface area contributed by atoms with E-state index in [4.69, 9.17) is 5.11 Å². The van der Waals surface area contributed by atoms with Crippen molar-refractivity contribution in [2.24, 2.45) is 5.92 Å². The quantitative estimate of drug-likeness (QED) is 0.716. The highest BCUT2D eigenvalue weighted by Crippen LogP contribution is 2.31. The van der Waals surface area contributed by atoms with Crippen LogP contribution in [0.3, 0.4) is 0 Å². The minimum absolute atomic E-state index is 0.0505. The van der Waals surface area contributed by atoms with Gasteiger partial charge in [-0.3, -0.25) is 4.79 Å². The maximum atomic E-state index is 12.0. The highest BCUT2D eigenvalue weighted by molar-refractivity contribution is 7.89. The van der Waals surface area contributed by atoms with Gasteiger partial charge in [0.05, 0.1) is 5.75 Å². The number of rotatable bonds is 8. The Morgan fingerprint density at radius 1 is 1.41 bits per heavy atom. The molecule has 0 amide bonds. The average Bonchev–Trinajstić information content (AvgIpc) is 2.95.